The molecule has 1 aromatic rings. The van der Waals surface area contributed by atoms with Crippen molar-refractivity contribution in [3.8, 4) is 0 Å². The van der Waals surface area contributed by atoms with Gasteiger partial charge in [-0.25, -0.2) is 4.98 Å². The van der Waals surface area contributed by atoms with E-state index in [4.69, 9.17) is 10.8 Å². The molecule has 1 atom stereocenters. The first kappa shape index (κ1) is 12.7. The molecule has 16 heavy (non-hydrogen) atoms. The molecule has 0 spiro atoms. The number of carbonyl (C=O) groups is 1. The molecule has 0 unspecified atom stereocenters. The van der Waals surface area contributed by atoms with Crippen molar-refractivity contribution < 1.29 is 9.90 Å². The number of imidazole rings is 1. The number of aliphatic hydroxyl groups is 1. The van der Waals surface area contributed by atoms with Crippen molar-refractivity contribution >= 4 is 5.91 Å². The zero-order valence-corrected chi connectivity index (χ0v) is 9.39. The Morgan fingerprint density at radius 3 is 3.00 bits per heavy atom. The van der Waals surface area contributed by atoms with Crippen LogP contribution in [0.2, 0.25) is 0 Å². The van der Waals surface area contributed by atoms with Gasteiger partial charge in [-0.2, -0.15) is 0 Å². The van der Waals surface area contributed by atoms with Crippen molar-refractivity contribution in [1.29, 1.82) is 0 Å². The lowest BCUT2D eigenvalue weighted by Gasteiger charge is -2.23. The van der Waals surface area contributed by atoms with E-state index in [-0.39, 0.29) is 19.1 Å². The normalized spacial score (nSPS) is 12.4. The molecule has 1 heterocycles. The van der Waals surface area contributed by atoms with Crippen LogP contribution in [0.1, 0.15) is 19.2 Å². The molecule has 0 aliphatic heterocycles. The second-order valence-electron chi connectivity index (χ2n) is 3.53. The minimum atomic E-state index is -0.512. The number of carbonyl (C=O) groups excluding carboxylic acids is 1. The number of nitrogens with zero attached hydrogens (tertiary/aromatic N) is 2. The van der Waals surface area contributed by atoms with Crippen LogP contribution in [-0.2, 0) is 11.3 Å². The van der Waals surface area contributed by atoms with Gasteiger partial charge >= 0.3 is 0 Å². The highest BCUT2D eigenvalue weighted by molar-refractivity contribution is 5.81. The van der Waals surface area contributed by atoms with Gasteiger partial charge in [-0.05, 0) is 6.42 Å². The first-order chi connectivity index (χ1) is 7.69. The summed E-state index contributed by atoms with van der Waals surface area (Å²) >= 11 is 0. The quantitative estimate of drug-likeness (QED) is 0.607. The van der Waals surface area contributed by atoms with Gasteiger partial charge < -0.3 is 20.7 Å². The second kappa shape index (κ2) is 6.24. The van der Waals surface area contributed by atoms with Gasteiger partial charge in [0.1, 0.15) is 5.82 Å². The van der Waals surface area contributed by atoms with Crippen molar-refractivity contribution in [2.45, 2.75) is 25.9 Å². The van der Waals surface area contributed by atoms with Gasteiger partial charge in [0, 0.05) is 18.9 Å². The molecule has 0 saturated heterocycles. The minimum Gasteiger partial charge on any atom is -0.395 e. The number of nitrogens with one attached hydrogen (secondary N) is 1. The van der Waals surface area contributed by atoms with Crippen LogP contribution in [0.3, 0.4) is 0 Å². The summed E-state index contributed by atoms with van der Waals surface area (Å²) < 4.78 is 0. The van der Waals surface area contributed by atoms with Gasteiger partial charge in [-0.1, -0.05) is 6.92 Å². The molecule has 1 aromatic heterocycles. The summed E-state index contributed by atoms with van der Waals surface area (Å²) in [6.45, 7) is 2.39. The molecule has 0 aliphatic carbocycles. The molecule has 0 fully saturated rings. The topological polar surface area (TPSA) is 95.2 Å². The molecule has 6 nitrogen and oxygen atoms in total. The van der Waals surface area contributed by atoms with Crippen LogP contribution >= 0.6 is 0 Å². The lowest BCUT2D eigenvalue weighted by molar-refractivity contribution is -0.133. The van der Waals surface area contributed by atoms with Gasteiger partial charge in [-0.3, -0.25) is 4.79 Å². The number of hydrogen-bond acceptors (Lipinski definition) is 4. The first-order valence-corrected chi connectivity index (χ1v) is 5.32. The molecular weight excluding hydrogens is 208 g/mol. The van der Waals surface area contributed by atoms with E-state index in [0.717, 1.165) is 0 Å². The molecule has 1 rings (SSSR count). The number of H-pyrrole nitrogens is 1. The Hall–Kier alpha value is -1.40. The zero-order valence-electron chi connectivity index (χ0n) is 9.39. The lowest BCUT2D eigenvalue weighted by Crippen LogP contribution is -2.44. The summed E-state index contributed by atoms with van der Waals surface area (Å²) in [5.74, 6) is 0.526. The molecule has 90 valence electrons. The molecular formula is C10H18N4O2. The predicted molar refractivity (Wildman–Crippen MR) is 59.4 cm³/mol. The lowest BCUT2D eigenvalue weighted by atomic mass is 10.2. The van der Waals surface area contributed by atoms with Crippen molar-refractivity contribution in [2.24, 2.45) is 5.73 Å². The maximum absolute atomic E-state index is 11.8. The Labute approximate surface area is 94.5 Å². The standard InChI is InChI=1S/C10H18N4O2/c1-2-8(11)10(16)14(5-6-15)7-9-12-3-4-13-9/h3-4,8,15H,2,5-7,11H2,1H3,(H,12,13)/t8-/m0/s1. The molecule has 0 aromatic carbocycles. The average molecular weight is 226 g/mol. The van der Waals surface area contributed by atoms with Gasteiger partial charge in [0.25, 0.3) is 0 Å². The number of rotatable bonds is 6. The second-order valence-corrected chi connectivity index (χ2v) is 3.53. The first-order valence-electron chi connectivity index (χ1n) is 5.32. The SMILES string of the molecule is CC[C@H](N)C(=O)N(CCO)Cc1ncc[nH]1. The van der Waals surface area contributed by atoms with Crippen LogP contribution in [0, 0.1) is 0 Å². The third kappa shape index (κ3) is 3.32. The van der Waals surface area contributed by atoms with Crippen LogP contribution < -0.4 is 5.73 Å². The Balaban J connectivity index is 2.63. The van der Waals surface area contributed by atoms with Crippen LogP contribution in [-0.4, -0.2) is 45.1 Å². The third-order valence-corrected chi connectivity index (χ3v) is 2.33. The van der Waals surface area contributed by atoms with Gasteiger partial charge in [-0.15, -0.1) is 0 Å². The fourth-order valence-corrected chi connectivity index (χ4v) is 1.36. The summed E-state index contributed by atoms with van der Waals surface area (Å²) in [5.41, 5.74) is 5.67. The van der Waals surface area contributed by atoms with Crippen LogP contribution in [0.5, 0.6) is 0 Å². The molecule has 0 aliphatic rings. The van der Waals surface area contributed by atoms with E-state index in [1.54, 1.807) is 12.4 Å². The van der Waals surface area contributed by atoms with E-state index in [1.807, 2.05) is 6.92 Å². The number of aromatic amines is 1. The van der Waals surface area contributed by atoms with Crippen molar-refractivity contribution in [2.75, 3.05) is 13.2 Å². The molecule has 6 heteroatoms. The third-order valence-electron chi connectivity index (χ3n) is 2.33. The summed E-state index contributed by atoms with van der Waals surface area (Å²) in [5, 5.41) is 8.90. The smallest absolute Gasteiger partial charge is 0.239 e. The number of aromatic nitrogens is 2. The van der Waals surface area contributed by atoms with E-state index in [2.05, 4.69) is 9.97 Å². The van der Waals surface area contributed by atoms with Crippen molar-refractivity contribution in [3.63, 3.8) is 0 Å². The van der Waals surface area contributed by atoms with E-state index >= 15 is 0 Å². The maximum atomic E-state index is 11.8. The molecule has 4 N–H and O–H groups in total. The van der Waals surface area contributed by atoms with E-state index in [1.165, 1.54) is 4.90 Å². The number of nitrogens with two attached hydrogens (primary N) is 1. The number of amides is 1. The van der Waals surface area contributed by atoms with Crippen molar-refractivity contribution in [1.82, 2.24) is 14.9 Å². The molecule has 0 bridgehead atoms. The predicted octanol–water partition coefficient (Wildman–Crippen LogP) is -0.532. The minimum absolute atomic E-state index is 0.0805. The van der Waals surface area contributed by atoms with E-state index in [9.17, 15) is 4.79 Å². The summed E-state index contributed by atoms with van der Waals surface area (Å²) in [7, 11) is 0. The highest BCUT2D eigenvalue weighted by atomic mass is 16.3. The summed E-state index contributed by atoms with van der Waals surface area (Å²) in [6, 6.07) is -0.512. The Morgan fingerprint density at radius 2 is 2.50 bits per heavy atom. The van der Waals surface area contributed by atoms with Gasteiger partial charge in [0.15, 0.2) is 0 Å². The van der Waals surface area contributed by atoms with Crippen LogP contribution in [0.25, 0.3) is 0 Å². The fourth-order valence-electron chi connectivity index (χ4n) is 1.36. The Kier molecular flexibility index (Phi) is 4.94. The van der Waals surface area contributed by atoms with Gasteiger partial charge in [0.2, 0.25) is 5.91 Å². The van der Waals surface area contributed by atoms with E-state index < -0.39 is 6.04 Å². The summed E-state index contributed by atoms with van der Waals surface area (Å²) in [6.07, 6.45) is 3.90. The highest BCUT2D eigenvalue weighted by Crippen LogP contribution is 2.02. The van der Waals surface area contributed by atoms with Gasteiger partial charge in [0.05, 0.1) is 19.2 Å². The molecule has 1 amide bonds. The largest absolute Gasteiger partial charge is 0.395 e. The highest BCUT2D eigenvalue weighted by Gasteiger charge is 2.19. The van der Waals surface area contributed by atoms with Crippen molar-refractivity contribution in [3.05, 3.63) is 18.2 Å². The van der Waals surface area contributed by atoms with E-state index in [0.29, 0.717) is 18.8 Å². The van der Waals surface area contributed by atoms with Crippen LogP contribution in [0.4, 0.5) is 0 Å². The number of aliphatic hydroxyl groups excluding tert-OH is 1. The monoisotopic (exact) mass is 226 g/mol. The average Bonchev–Trinajstić information content (AvgIpc) is 2.79. The van der Waals surface area contributed by atoms with Crippen LogP contribution in [0.15, 0.2) is 12.4 Å². The maximum Gasteiger partial charge on any atom is 0.239 e. The Bertz CT molecular complexity index is 313. The Morgan fingerprint density at radius 1 is 1.75 bits per heavy atom. The summed E-state index contributed by atoms with van der Waals surface area (Å²) in [4.78, 5) is 20.3. The molecule has 0 saturated carbocycles. The molecule has 0 radical (unpaired) electrons. The zero-order chi connectivity index (χ0) is 12.0. The fraction of sp³-hybridized carbons (Fsp3) is 0.600. The number of hydrogen-bond donors (Lipinski definition) is 3.